The van der Waals surface area contributed by atoms with Gasteiger partial charge in [-0.2, -0.15) is 0 Å². The van der Waals surface area contributed by atoms with E-state index in [1.165, 1.54) is 4.90 Å². The van der Waals surface area contributed by atoms with E-state index < -0.39 is 11.9 Å². The van der Waals surface area contributed by atoms with E-state index >= 15 is 0 Å². The number of aliphatic carboxylic acids is 1. The van der Waals surface area contributed by atoms with Crippen LogP contribution >= 0.6 is 0 Å². The van der Waals surface area contributed by atoms with E-state index in [2.05, 4.69) is 16.8 Å². The number of hydrogen-bond donors (Lipinski definition) is 2. The first kappa shape index (κ1) is 16.9. The van der Waals surface area contributed by atoms with Crippen molar-refractivity contribution in [3.8, 4) is 0 Å². The largest absolute Gasteiger partial charge is 0.481 e. The average molecular weight is 317 g/mol. The Labute approximate surface area is 135 Å². The van der Waals surface area contributed by atoms with Crippen LogP contribution in [-0.4, -0.2) is 40.2 Å². The Morgan fingerprint density at radius 2 is 2.09 bits per heavy atom. The Morgan fingerprint density at radius 1 is 1.35 bits per heavy atom. The highest BCUT2D eigenvalue weighted by Gasteiger charge is 2.17. The molecule has 0 aliphatic carbocycles. The molecule has 1 atom stereocenters. The van der Waals surface area contributed by atoms with Crippen molar-refractivity contribution in [2.45, 2.75) is 26.8 Å². The lowest BCUT2D eigenvalue weighted by Crippen LogP contribution is -2.36. The van der Waals surface area contributed by atoms with Gasteiger partial charge in [-0.05, 0) is 30.7 Å². The highest BCUT2D eigenvalue weighted by molar-refractivity contribution is 5.93. The summed E-state index contributed by atoms with van der Waals surface area (Å²) in [6.45, 7) is 4.84. The third kappa shape index (κ3) is 4.03. The van der Waals surface area contributed by atoms with Gasteiger partial charge in [0.15, 0.2) is 0 Å². The number of carbonyl (C=O) groups excluding carboxylic acids is 1. The number of carboxylic acids is 1. The molecule has 2 amide bonds. The first-order valence-corrected chi connectivity index (χ1v) is 7.76. The number of anilines is 1. The van der Waals surface area contributed by atoms with Gasteiger partial charge in [-0.1, -0.05) is 13.8 Å². The Balaban J connectivity index is 2.06. The van der Waals surface area contributed by atoms with E-state index in [9.17, 15) is 9.59 Å². The van der Waals surface area contributed by atoms with Gasteiger partial charge in [0.05, 0.1) is 5.92 Å². The first-order valence-electron chi connectivity index (χ1n) is 7.76. The van der Waals surface area contributed by atoms with Crippen molar-refractivity contribution in [3.05, 3.63) is 30.5 Å². The fourth-order valence-corrected chi connectivity index (χ4v) is 2.50. The van der Waals surface area contributed by atoms with Crippen molar-refractivity contribution in [2.75, 3.05) is 18.9 Å². The van der Waals surface area contributed by atoms with E-state index in [0.29, 0.717) is 5.69 Å². The molecule has 2 rings (SSSR count). The molecule has 0 fully saturated rings. The zero-order valence-electron chi connectivity index (χ0n) is 13.7. The van der Waals surface area contributed by atoms with E-state index in [0.717, 1.165) is 23.9 Å². The van der Waals surface area contributed by atoms with Crippen LogP contribution in [0.1, 0.15) is 20.3 Å². The number of fused-ring (bicyclic) bond motifs is 1. The summed E-state index contributed by atoms with van der Waals surface area (Å²) in [6, 6.07) is 7.48. The molecule has 0 saturated carbocycles. The Kier molecular flexibility index (Phi) is 5.26. The molecular formula is C17H23N3O3. The molecule has 1 aromatic heterocycles. The summed E-state index contributed by atoms with van der Waals surface area (Å²) in [7, 11) is 1.59. The summed E-state index contributed by atoms with van der Waals surface area (Å²) in [6.07, 6.45) is 3.11. The van der Waals surface area contributed by atoms with Crippen LogP contribution in [0.4, 0.5) is 10.5 Å². The van der Waals surface area contributed by atoms with E-state index in [1.807, 2.05) is 30.5 Å². The van der Waals surface area contributed by atoms with Gasteiger partial charge in [-0.25, -0.2) is 4.79 Å². The summed E-state index contributed by atoms with van der Waals surface area (Å²) in [5, 5.41) is 12.8. The highest BCUT2D eigenvalue weighted by atomic mass is 16.4. The monoisotopic (exact) mass is 317 g/mol. The standard InChI is InChI=1S/C17H23N3O3/c1-4-8-20-9-7-13-10-14(5-6-15(13)20)18-17(23)19(3)11-12(2)16(21)22/h5-7,9-10,12H,4,8,11H2,1-3H3,(H,18,23)(H,21,22). The fraction of sp³-hybridized carbons (Fsp3) is 0.412. The number of amides is 2. The molecule has 0 aliphatic rings. The summed E-state index contributed by atoms with van der Waals surface area (Å²) in [5.41, 5.74) is 1.84. The normalized spacial score (nSPS) is 12.1. The second-order valence-electron chi connectivity index (χ2n) is 5.83. The van der Waals surface area contributed by atoms with Crippen LogP contribution in [0.5, 0.6) is 0 Å². The molecular weight excluding hydrogens is 294 g/mol. The topological polar surface area (TPSA) is 74.6 Å². The highest BCUT2D eigenvalue weighted by Crippen LogP contribution is 2.21. The molecule has 124 valence electrons. The van der Waals surface area contributed by atoms with Crippen LogP contribution in [0.3, 0.4) is 0 Å². The van der Waals surface area contributed by atoms with Crippen molar-refractivity contribution >= 4 is 28.6 Å². The number of aryl methyl sites for hydroxylation is 1. The van der Waals surface area contributed by atoms with Crippen LogP contribution in [0, 0.1) is 5.92 Å². The molecule has 0 radical (unpaired) electrons. The maximum absolute atomic E-state index is 12.1. The minimum Gasteiger partial charge on any atom is -0.481 e. The molecule has 1 unspecified atom stereocenters. The first-order chi connectivity index (χ1) is 10.9. The number of aromatic nitrogens is 1. The average Bonchev–Trinajstić information content (AvgIpc) is 2.89. The zero-order valence-corrected chi connectivity index (χ0v) is 13.7. The SMILES string of the molecule is CCCn1ccc2cc(NC(=O)N(C)CC(C)C(=O)O)ccc21. The number of urea groups is 1. The summed E-state index contributed by atoms with van der Waals surface area (Å²) in [4.78, 5) is 24.4. The fourth-order valence-electron chi connectivity index (χ4n) is 2.50. The number of carboxylic acid groups (broad SMARTS) is 1. The molecule has 2 aromatic rings. The number of carbonyl (C=O) groups is 2. The third-order valence-corrected chi connectivity index (χ3v) is 3.80. The van der Waals surface area contributed by atoms with Gasteiger partial charge in [0.25, 0.3) is 0 Å². The van der Waals surface area contributed by atoms with Crippen molar-refractivity contribution in [3.63, 3.8) is 0 Å². The molecule has 0 saturated heterocycles. The predicted octanol–water partition coefficient (Wildman–Crippen LogP) is 3.24. The maximum Gasteiger partial charge on any atom is 0.321 e. The molecule has 0 aliphatic heterocycles. The lowest BCUT2D eigenvalue weighted by Gasteiger charge is -2.20. The summed E-state index contributed by atoms with van der Waals surface area (Å²) >= 11 is 0. The summed E-state index contributed by atoms with van der Waals surface area (Å²) < 4.78 is 2.18. The minimum absolute atomic E-state index is 0.163. The van der Waals surface area contributed by atoms with Crippen molar-refractivity contribution in [2.24, 2.45) is 5.92 Å². The molecule has 1 heterocycles. The van der Waals surface area contributed by atoms with Crippen LogP contribution in [0.2, 0.25) is 0 Å². The van der Waals surface area contributed by atoms with Gasteiger partial charge >= 0.3 is 12.0 Å². The summed E-state index contributed by atoms with van der Waals surface area (Å²) in [5.74, 6) is -1.51. The second kappa shape index (κ2) is 7.17. The molecule has 0 spiro atoms. The molecule has 6 heteroatoms. The molecule has 1 aromatic carbocycles. The third-order valence-electron chi connectivity index (χ3n) is 3.80. The number of nitrogens with one attached hydrogen (secondary N) is 1. The number of hydrogen-bond acceptors (Lipinski definition) is 2. The molecule has 2 N–H and O–H groups in total. The van der Waals surface area contributed by atoms with Gasteiger partial charge < -0.3 is 19.9 Å². The zero-order chi connectivity index (χ0) is 17.0. The number of rotatable bonds is 6. The van der Waals surface area contributed by atoms with Crippen molar-refractivity contribution < 1.29 is 14.7 Å². The number of nitrogens with zero attached hydrogens (tertiary/aromatic N) is 2. The minimum atomic E-state index is -0.914. The van der Waals surface area contributed by atoms with Gasteiger partial charge in [-0.15, -0.1) is 0 Å². The van der Waals surface area contributed by atoms with Crippen molar-refractivity contribution in [1.82, 2.24) is 9.47 Å². The number of benzene rings is 1. The van der Waals surface area contributed by atoms with Crippen LogP contribution in [0.25, 0.3) is 10.9 Å². The van der Waals surface area contributed by atoms with Gasteiger partial charge in [0.1, 0.15) is 0 Å². The lowest BCUT2D eigenvalue weighted by atomic mass is 10.2. The predicted molar refractivity (Wildman–Crippen MR) is 90.7 cm³/mol. The quantitative estimate of drug-likeness (QED) is 0.859. The second-order valence-corrected chi connectivity index (χ2v) is 5.83. The molecule has 6 nitrogen and oxygen atoms in total. The lowest BCUT2D eigenvalue weighted by molar-refractivity contribution is -0.141. The molecule has 23 heavy (non-hydrogen) atoms. The Bertz CT molecular complexity index is 708. The smallest absolute Gasteiger partial charge is 0.321 e. The van der Waals surface area contributed by atoms with Crippen LogP contribution < -0.4 is 5.32 Å². The van der Waals surface area contributed by atoms with Crippen molar-refractivity contribution in [1.29, 1.82) is 0 Å². The Hall–Kier alpha value is -2.50. The van der Waals surface area contributed by atoms with Crippen LogP contribution in [-0.2, 0) is 11.3 Å². The van der Waals surface area contributed by atoms with E-state index in [1.54, 1.807) is 14.0 Å². The molecule has 0 bridgehead atoms. The maximum atomic E-state index is 12.1. The van der Waals surface area contributed by atoms with Gasteiger partial charge in [0, 0.05) is 42.9 Å². The van der Waals surface area contributed by atoms with Crippen LogP contribution in [0.15, 0.2) is 30.5 Å². The Morgan fingerprint density at radius 3 is 2.74 bits per heavy atom. The van der Waals surface area contributed by atoms with E-state index in [-0.39, 0.29) is 12.6 Å². The van der Waals surface area contributed by atoms with E-state index in [4.69, 9.17) is 5.11 Å². The van der Waals surface area contributed by atoms with Gasteiger partial charge in [0.2, 0.25) is 0 Å². The van der Waals surface area contributed by atoms with Gasteiger partial charge in [-0.3, -0.25) is 4.79 Å².